The van der Waals surface area contributed by atoms with E-state index in [1.807, 2.05) is 6.07 Å². The second kappa shape index (κ2) is 12.4. The van der Waals surface area contributed by atoms with E-state index in [1.165, 1.54) is 13.0 Å². The number of nitrogens with one attached hydrogen (secondary N) is 2. The fraction of sp³-hybridized carbons (Fsp3) is 0.133. The molecule has 3 aromatic rings. The molecule has 1 heterocycles. The Morgan fingerprint density at radius 3 is 2.31 bits per heavy atom. The number of amides is 1. The van der Waals surface area contributed by atoms with Crippen LogP contribution in [0.4, 0.5) is 5.69 Å². The van der Waals surface area contributed by atoms with Crippen molar-refractivity contribution in [2.75, 3.05) is 11.1 Å². The van der Waals surface area contributed by atoms with E-state index in [-0.39, 0.29) is 28.8 Å². The Morgan fingerprint density at radius 1 is 1.00 bits per heavy atom. The molecule has 1 atom stereocenters. The van der Waals surface area contributed by atoms with Crippen molar-refractivity contribution in [1.82, 2.24) is 5.32 Å². The number of nitriles is 1. The number of thioether (sulfide) groups is 1. The summed E-state index contributed by atoms with van der Waals surface area (Å²) in [6, 6.07) is 22.6. The van der Waals surface area contributed by atoms with Crippen LogP contribution in [0.1, 0.15) is 41.3 Å². The first-order chi connectivity index (χ1) is 18.7. The fourth-order valence-corrected chi connectivity index (χ4v) is 5.55. The van der Waals surface area contributed by atoms with Gasteiger partial charge in [-0.3, -0.25) is 14.4 Å². The molecule has 1 unspecified atom stereocenters. The number of ketones is 2. The van der Waals surface area contributed by atoms with Crippen molar-refractivity contribution in [3.8, 4) is 6.07 Å². The first kappa shape index (κ1) is 28.2. The molecule has 1 aliphatic heterocycles. The molecule has 3 aromatic carbocycles. The van der Waals surface area contributed by atoms with Crippen LogP contribution in [0, 0.1) is 11.3 Å². The van der Waals surface area contributed by atoms with Crippen molar-refractivity contribution in [2.24, 2.45) is 0 Å². The maximum Gasteiger partial charge on any atom is 0.234 e. The Hall–Kier alpha value is -3.83. The highest BCUT2D eigenvalue weighted by Crippen LogP contribution is 2.41. The molecule has 0 radical (unpaired) electrons. The van der Waals surface area contributed by atoms with Crippen molar-refractivity contribution < 1.29 is 14.4 Å². The summed E-state index contributed by atoms with van der Waals surface area (Å²) < 4.78 is 0. The monoisotopic (exact) mass is 575 g/mol. The van der Waals surface area contributed by atoms with Crippen LogP contribution in [0.15, 0.2) is 94.7 Å². The summed E-state index contributed by atoms with van der Waals surface area (Å²) >= 11 is 13.3. The molecule has 4 rings (SSSR count). The number of hydrogen-bond acceptors (Lipinski definition) is 6. The van der Waals surface area contributed by atoms with Crippen molar-refractivity contribution in [1.29, 1.82) is 5.26 Å². The van der Waals surface area contributed by atoms with Gasteiger partial charge in [0.25, 0.3) is 0 Å². The average Bonchev–Trinajstić information content (AvgIpc) is 2.92. The van der Waals surface area contributed by atoms with Crippen LogP contribution in [0.3, 0.4) is 0 Å². The van der Waals surface area contributed by atoms with Gasteiger partial charge < -0.3 is 10.6 Å². The van der Waals surface area contributed by atoms with Crippen molar-refractivity contribution in [2.45, 2.75) is 19.8 Å². The number of hydrogen-bond donors (Lipinski definition) is 2. The molecule has 0 bridgehead atoms. The quantitative estimate of drug-likeness (QED) is 0.284. The van der Waals surface area contributed by atoms with Gasteiger partial charge in [0.05, 0.1) is 34.0 Å². The van der Waals surface area contributed by atoms with Gasteiger partial charge in [-0.25, -0.2) is 0 Å². The Morgan fingerprint density at radius 2 is 1.67 bits per heavy atom. The van der Waals surface area contributed by atoms with E-state index in [0.717, 1.165) is 17.3 Å². The first-order valence-electron chi connectivity index (χ1n) is 11.9. The second-order valence-electron chi connectivity index (χ2n) is 8.78. The number of rotatable bonds is 8. The van der Waals surface area contributed by atoms with Crippen LogP contribution >= 0.6 is 35.0 Å². The largest absolute Gasteiger partial charge is 0.353 e. The summed E-state index contributed by atoms with van der Waals surface area (Å²) in [7, 11) is 0. The number of halogens is 2. The lowest BCUT2D eigenvalue weighted by molar-refractivity contribution is -0.114. The fourth-order valence-electron chi connectivity index (χ4n) is 4.36. The number of benzene rings is 3. The topological polar surface area (TPSA) is 99.1 Å². The third-order valence-electron chi connectivity index (χ3n) is 6.11. The molecule has 0 aromatic heterocycles. The first-order valence-corrected chi connectivity index (χ1v) is 13.6. The van der Waals surface area contributed by atoms with Gasteiger partial charge >= 0.3 is 0 Å². The molecular weight excluding hydrogens is 553 g/mol. The van der Waals surface area contributed by atoms with Gasteiger partial charge in [0.2, 0.25) is 5.91 Å². The summed E-state index contributed by atoms with van der Waals surface area (Å²) in [5.74, 6) is -1.45. The van der Waals surface area contributed by atoms with Crippen LogP contribution in [-0.4, -0.2) is 23.2 Å². The van der Waals surface area contributed by atoms with Gasteiger partial charge in [0, 0.05) is 32.4 Å². The minimum atomic E-state index is -0.595. The van der Waals surface area contributed by atoms with Crippen LogP contribution in [-0.2, 0) is 9.59 Å². The van der Waals surface area contributed by atoms with E-state index in [0.29, 0.717) is 43.2 Å². The predicted octanol–water partition coefficient (Wildman–Crippen LogP) is 6.88. The van der Waals surface area contributed by atoms with E-state index < -0.39 is 5.92 Å². The number of carbonyl (C=O) groups is 3. The number of carbonyl (C=O) groups excluding carboxylic acids is 3. The zero-order valence-corrected chi connectivity index (χ0v) is 23.4. The molecule has 39 heavy (non-hydrogen) atoms. The highest BCUT2D eigenvalue weighted by molar-refractivity contribution is 8.03. The zero-order valence-electron chi connectivity index (χ0n) is 21.0. The molecule has 0 spiro atoms. The van der Waals surface area contributed by atoms with E-state index >= 15 is 0 Å². The van der Waals surface area contributed by atoms with Gasteiger partial charge in [-0.15, -0.1) is 0 Å². The summed E-state index contributed by atoms with van der Waals surface area (Å²) in [6.07, 6.45) is 0. The maximum atomic E-state index is 13.1. The van der Waals surface area contributed by atoms with Gasteiger partial charge in [-0.2, -0.15) is 5.26 Å². The van der Waals surface area contributed by atoms with Crippen LogP contribution in [0.5, 0.6) is 0 Å². The number of dihydropyridines is 1. The molecular formula is C30H23Cl2N3O3S. The predicted molar refractivity (Wildman–Crippen MR) is 156 cm³/mol. The molecule has 1 aliphatic rings. The highest BCUT2D eigenvalue weighted by atomic mass is 35.5. The Balaban J connectivity index is 1.58. The number of anilines is 1. The molecule has 0 aliphatic carbocycles. The average molecular weight is 577 g/mol. The third kappa shape index (κ3) is 6.43. The lowest BCUT2D eigenvalue weighted by Crippen LogP contribution is -2.28. The molecule has 196 valence electrons. The van der Waals surface area contributed by atoms with Crippen LogP contribution in [0.2, 0.25) is 10.0 Å². The Bertz CT molecular complexity index is 1560. The second-order valence-corrected chi connectivity index (χ2v) is 10.6. The van der Waals surface area contributed by atoms with Crippen LogP contribution in [0.25, 0.3) is 0 Å². The molecule has 9 heteroatoms. The minimum Gasteiger partial charge on any atom is -0.353 e. The van der Waals surface area contributed by atoms with Crippen molar-refractivity contribution in [3.05, 3.63) is 121 Å². The van der Waals surface area contributed by atoms with Gasteiger partial charge in [0.1, 0.15) is 0 Å². The standard InChI is InChI=1S/C30H23Cl2N3O3S/c1-17-27(18(2)36)28(19-8-10-21(31)11-9-19)24(15-33)30(34-17)39-16-26(37)35-25-13-12-22(32)14-23(25)29(38)20-6-4-3-5-7-20/h3-14,28,34H,16H2,1-2H3,(H,35,37). The van der Waals surface area contributed by atoms with Crippen molar-refractivity contribution >= 4 is 58.1 Å². The summed E-state index contributed by atoms with van der Waals surface area (Å²) in [5.41, 5.74) is 3.24. The molecule has 6 nitrogen and oxygen atoms in total. The van der Waals surface area contributed by atoms with E-state index in [2.05, 4.69) is 16.7 Å². The highest BCUT2D eigenvalue weighted by Gasteiger charge is 2.33. The van der Waals surface area contributed by atoms with Gasteiger partial charge in [-0.05, 0) is 49.7 Å². The van der Waals surface area contributed by atoms with Crippen LogP contribution < -0.4 is 10.6 Å². The SMILES string of the molecule is CC(=O)C1=C(C)NC(SCC(=O)Nc2ccc(Cl)cc2C(=O)c2ccccc2)=C(C#N)C1c1ccc(Cl)cc1. The van der Waals surface area contributed by atoms with E-state index in [9.17, 15) is 19.6 Å². The lowest BCUT2D eigenvalue weighted by atomic mass is 9.81. The number of nitrogens with zero attached hydrogens (tertiary/aromatic N) is 1. The lowest BCUT2D eigenvalue weighted by Gasteiger charge is -2.29. The zero-order chi connectivity index (χ0) is 28.1. The summed E-state index contributed by atoms with van der Waals surface area (Å²) in [6.45, 7) is 3.23. The number of allylic oxidation sites excluding steroid dienone is 3. The van der Waals surface area contributed by atoms with Gasteiger partial charge in [-0.1, -0.05) is 77.4 Å². The minimum absolute atomic E-state index is 0.0505. The Kier molecular flexibility index (Phi) is 8.93. The normalized spacial score (nSPS) is 14.9. The Labute approximate surface area is 240 Å². The van der Waals surface area contributed by atoms with E-state index in [4.69, 9.17) is 23.2 Å². The third-order valence-corrected chi connectivity index (χ3v) is 7.62. The smallest absolute Gasteiger partial charge is 0.234 e. The summed E-state index contributed by atoms with van der Waals surface area (Å²) in [5, 5.41) is 17.4. The molecule has 0 saturated carbocycles. The molecule has 1 amide bonds. The van der Waals surface area contributed by atoms with Crippen molar-refractivity contribution in [3.63, 3.8) is 0 Å². The molecule has 0 fully saturated rings. The number of Topliss-reactive ketones (excluding diaryl/α,β-unsaturated/α-hetero) is 1. The van der Waals surface area contributed by atoms with E-state index in [1.54, 1.807) is 67.6 Å². The maximum absolute atomic E-state index is 13.1. The molecule has 0 saturated heterocycles. The summed E-state index contributed by atoms with van der Waals surface area (Å²) in [4.78, 5) is 38.6. The van der Waals surface area contributed by atoms with Gasteiger partial charge in [0.15, 0.2) is 11.6 Å². The molecule has 2 N–H and O–H groups in total.